The SMILES string of the molecule is FC(F)(F)c1nccc(-c2ccc(Br)s2)n1. The normalized spacial score (nSPS) is 11.8. The van der Waals surface area contributed by atoms with Gasteiger partial charge in [-0.15, -0.1) is 11.3 Å². The Morgan fingerprint density at radius 1 is 1.19 bits per heavy atom. The van der Waals surface area contributed by atoms with Gasteiger partial charge in [-0.25, -0.2) is 9.97 Å². The summed E-state index contributed by atoms with van der Waals surface area (Å²) in [6.45, 7) is 0. The molecule has 0 radical (unpaired) electrons. The Balaban J connectivity index is 2.44. The summed E-state index contributed by atoms with van der Waals surface area (Å²) in [5.74, 6) is -1.12. The highest BCUT2D eigenvalue weighted by Crippen LogP contribution is 2.32. The molecule has 7 heteroatoms. The molecule has 16 heavy (non-hydrogen) atoms. The van der Waals surface area contributed by atoms with E-state index in [9.17, 15) is 13.2 Å². The maximum absolute atomic E-state index is 12.4. The lowest BCUT2D eigenvalue weighted by Gasteiger charge is -2.04. The first-order valence-corrected chi connectivity index (χ1v) is 5.74. The second kappa shape index (κ2) is 4.14. The third-order valence-corrected chi connectivity index (χ3v) is 3.38. The lowest BCUT2D eigenvalue weighted by atomic mass is 10.3. The zero-order valence-corrected chi connectivity index (χ0v) is 10.0. The van der Waals surface area contributed by atoms with Gasteiger partial charge in [-0.05, 0) is 34.1 Å². The topological polar surface area (TPSA) is 25.8 Å². The zero-order chi connectivity index (χ0) is 11.8. The largest absolute Gasteiger partial charge is 0.451 e. The first-order valence-electron chi connectivity index (χ1n) is 4.13. The predicted octanol–water partition coefficient (Wildman–Crippen LogP) is 3.99. The van der Waals surface area contributed by atoms with Gasteiger partial charge in [0.05, 0.1) is 14.4 Å². The fourth-order valence-electron chi connectivity index (χ4n) is 1.08. The molecule has 0 aliphatic rings. The van der Waals surface area contributed by atoms with Gasteiger partial charge in [0.1, 0.15) is 0 Å². The van der Waals surface area contributed by atoms with Crippen molar-refractivity contribution in [3.05, 3.63) is 34.0 Å². The van der Waals surface area contributed by atoms with Crippen LogP contribution < -0.4 is 0 Å². The lowest BCUT2D eigenvalue weighted by Crippen LogP contribution is -2.10. The minimum atomic E-state index is -4.51. The van der Waals surface area contributed by atoms with Crippen LogP contribution in [0.4, 0.5) is 13.2 Å². The van der Waals surface area contributed by atoms with E-state index in [-0.39, 0.29) is 5.69 Å². The van der Waals surface area contributed by atoms with E-state index in [0.29, 0.717) is 4.88 Å². The Kier molecular flexibility index (Phi) is 2.98. The lowest BCUT2D eigenvalue weighted by molar-refractivity contribution is -0.144. The minimum absolute atomic E-state index is 0.276. The van der Waals surface area contributed by atoms with Crippen molar-refractivity contribution in [1.29, 1.82) is 0 Å². The molecule has 0 amide bonds. The number of halogens is 4. The third kappa shape index (κ3) is 2.41. The molecule has 2 rings (SSSR count). The molecule has 2 aromatic rings. The molecule has 0 atom stereocenters. The molecule has 0 aromatic carbocycles. The van der Waals surface area contributed by atoms with Crippen molar-refractivity contribution in [2.45, 2.75) is 6.18 Å². The number of nitrogens with zero attached hydrogens (tertiary/aromatic N) is 2. The predicted molar refractivity (Wildman–Crippen MR) is 58.0 cm³/mol. The second-order valence-electron chi connectivity index (χ2n) is 2.87. The quantitative estimate of drug-likeness (QED) is 0.796. The van der Waals surface area contributed by atoms with Crippen molar-refractivity contribution in [3.63, 3.8) is 0 Å². The monoisotopic (exact) mass is 308 g/mol. The summed E-state index contributed by atoms with van der Waals surface area (Å²) >= 11 is 4.56. The standard InChI is InChI=1S/C9H4BrF3N2S/c10-7-2-1-6(16-7)5-3-4-14-8(15-5)9(11,12)13/h1-4H. The summed E-state index contributed by atoms with van der Waals surface area (Å²) in [7, 11) is 0. The number of rotatable bonds is 1. The van der Waals surface area contributed by atoms with Crippen LogP contribution in [0.5, 0.6) is 0 Å². The molecule has 2 nitrogen and oxygen atoms in total. The number of hydrogen-bond acceptors (Lipinski definition) is 3. The third-order valence-electron chi connectivity index (χ3n) is 1.73. The first-order chi connectivity index (χ1) is 7.47. The summed E-state index contributed by atoms with van der Waals surface area (Å²) in [6, 6.07) is 4.92. The van der Waals surface area contributed by atoms with Gasteiger partial charge in [0.15, 0.2) is 0 Å². The highest BCUT2D eigenvalue weighted by molar-refractivity contribution is 9.11. The van der Waals surface area contributed by atoms with Gasteiger partial charge in [0.2, 0.25) is 5.82 Å². The molecule has 0 fully saturated rings. The molecule has 0 unspecified atom stereocenters. The van der Waals surface area contributed by atoms with Gasteiger partial charge in [-0.3, -0.25) is 0 Å². The van der Waals surface area contributed by atoms with Gasteiger partial charge in [-0.2, -0.15) is 13.2 Å². The van der Waals surface area contributed by atoms with Gasteiger partial charge >= 0.3 is 6.18 Å². The van der Waals surface area contributed by atoms with Crippen molar-refractivity contribution in [1.82, 2.24) is 9.97 Å². The molecule has 2 aromatic heterocycles. The Morgan fingerprint density at radius 3 is 2.50 bits per heavy atom. The fourth-order valence-corrected chi connectivity index (χ4v) is 2.44. The molecule has 0 saturated heterocycles. The molecule has 0 N–H and O–H groups in total. The highest BCUT2D eigenvalue weighted by atomic mass is 79.9. The van der Waals surface area contributed by atoms with E-state index in [1.807, 2.05) is 0 Å². The minimum Gasteiger partial charge on any atom is -0.233 e. The fraction of sp³-hybridized carbons (Fsp3) is 0.111. The van der Waals surface area contributed by atoms with Crippen LogP contribution >= 0.6 is 27.3 Å². The van der Waals surface area contributed by atoms with Gasteiger partial charge < -0.3 is 0 Å². The highest BCUT2D eigenvalue weighted by Gasteiger charge is 2.34. The van der Waals surface area contributed by atoms with Gasteiger partial charge in [0.25, 0.3) is 0 Å². The van der Waals surface area contributed by atoms with Crippen LogP contribution in [-0.2, 0) is 6.18 Å². The smallest absolute Gasteiger partial charge is 0.233 e. The van der Waals surface area contributed by atoms with Gasteiger partial charge in [0, 0.05) is 6.20 Å². The summed E-state index contributed by atoms with van der Waals surface area (Å²) in [5, 5.41) is 0. The van der Waals surface area contributed by atoms with Crippen LogP contribution in [0.15, 0.2) is 28.2 Å². The van der Waals surface area contributed by atoms with Crippen molar-refractivity contribution in [3.8, 4) is 10.6 Å². The van der Waals surface area contributed by atoms with E-state index < -0.39 is 12.0 Å². The Labute approximate surface area is 101 Å². The van der Waals surface area contributed by atoms with E-state index in [2.05, 4.69) is 25.9 Å². The molecule has 0 aliphatic heterocycles. The van der Waals surface area contributed by atoms with E-state index in [1.165, 1.54) is 17.4 Å². The van der Waals surface area contributed by atoms with Crippen molar-refractivity contribution in [2.75, 3.05) is 0 Å². The van der Waals surface area contributed by atoms with E-state index in [0.717, 1.165) is 9.98 Å². The number of hydrogen-bond donors (Lipinski definition) is 0. The van der Waals surface area contributed by atoms with E-state index >= 15 is 0 Å². The van der Waals surface area contributed by atoms with E-state index in [4.69, 9.17) is 0 Å². The van der Waals surface area contributed by atoms with E-state index in [1.54, 1.807) is 12.1 Å². The van der Waals surface area contributed by atoms with Crippen molar-refractivity contribution < 1.29 is 13.2 Å². The average molecular weight is 309 g/mol. The molecule has 0 bridgehead atoms. The van der Waals surface area contributed by atoms with Crippen LogP contribution in [0.25, 0.3) is 10.6 Å². The maximum Gasteiger partial charge on any atom is 0.451 e. The van der Waals surface area contributed by atoms with Crippen molar-refractivity contribution in [2.24, 2.45) is 0 Å². The molecule has 84 valence electrons. The molecule has 2 heterocycles. The Bertz CT molecular complexity index is 509. The van der Waals surface area contributed by atoms with Gasteiger partial charge in [-0.1, -0.05) is 0 Å². The molecular weight excluding hydrogens is 305 g/mol. The first kappa shape index (κ1) is 11.5. The van der Waals surface area contributed by atoms with Crippen LogP contribution in [0.2, 0.25) is 0 Å². The summed E-state index contributed by atoms with van der Waals surface area (Å²) in [4.78, 5) is 7.35. The number of alkyl halides is 3. The summed E-state index contributed by atoms with van der Waals surface area (Å²) in [6.07, 6.45) is -3.40. The summed E-state index contributed by atoms with van der Waals surface area (Å²) in [5.41, 5.74) is 0.276. The number of thiophene rings is 1. The zero-order valence-electron chi connectivity index (χ0n) is 7.62. The Hall–Kier alpha value is -0.950. The average Bonchev–Trinajstić information content (AvgIpc) is 2.64. The molecule has 0 saturated carbocycles. The van der Waals surface area contributed by atoms with Crippen LogP contribution in [-0.4, -0.2) is 9.97 Å². The summed E-state index contributed by atoms with van der Waals surface area (Å²) < 4.78 is 37.9. The van der Waals surface area contributed by atoms with Crippen molar-refractivity contribution >= 4 is 27.3 Å². The maximum atomic E-state index is 12.4. The van der Waals surface area contributed by atoms with Crippen LogP contribution in [0, 0.1) is 0 Å². The molecule has 0 spiro atoms. The van der Waals surface area contributed by atoms with Crippen LogP contribution in [0.3, 0.4) is 0 Å². The molecule has 0 aliphatic carbocycles. The van der Waals surface area contributed by atoms with Crippen LogP contribution in [0.1, 0.15) is 5.82 Å². The Morgan fingerprint density at radius 2 is 1.94 bits per heavy atom. The molecular formula is C9H4BrF3N2S. The second-order valence-corrected chi connectivity index (χ2v) is 5.33. The number of aromatic nitrogens is 2.